The van der Waals surface area contributed by atoms with E-state index in [4.69, 9.17) is 9.47 Å². The number of fused-ring (bicyclic) bond motifs is 1. The molecule has 0 aliphatic heterocycles. The van der Waals surface area contributed by atoms with Gasteiger partial charge in [0.15, 0.2) is 0 Å². The van der Waals surface area contributed by atoms with Crippen LogP contribution in [0, 0.1) is 20.8 Å². The Hall–Kier alpha value is -2.10. The minimum absolute atomic E-state index is 0.336. The molecule has 20 heavy (non-hydrogen) atoms. The molecule has 1 unspecified atom stereocenters. The van der Waals surface area contributed by atoms with Crippen molar-refractivity contribution in [1.29, 1.82) is 0 Å². The lowest BCUT2D eigenvalue weighted by Gasteiger charge is -2.17. The van der Waals surface area contributed by atoms with E-state index in [1.54, 1.807) is 6.08 Å². The molecule has 0 aromatic heterocycles. The van der Waals surface area contributed by atoms with Gasteiger partial charge >= 0.3 is 11.9 Å². The van der Waals surface area contributed by atoms with Crippen LogP contribution in [0.2, 0.25) is 0 Å². The predicted octanol–water partition coefficient (Wildman–Crippen LogP) is 2.44. The third-order valence-electron chi connectivity index (χ3n) is 4.01. The first-order valence-electron chi connectivity index (χ1n) is 6.40. The van der Waals surface area contributed by atoms with E-state index in [9.17, 15) is 9.59 Å². The summed E-state index contributed by atoms with van der Waals surface area (Å²) < 4.78 is 9.63. The van der Waals surface area contributed by atoms with Gasteiger partial charge in [-0.15, -0.1) is 0 Å². The van der Waals surface area contributed by atoms with Crippen molar-refractivity contribution in [2.45, 2.75) is 26.7 Å². The Morgan fingerprint density at radius 2 is 1.70 bits per heavy atom. The van der Waals surface area contributed by atoms with Crippen LogP contribution < -0.4 is 0 Å². The lowest BCUT2D eigenvalue weighted by Crippen LogP contribution is -2.20. The second-order valence-electron chi connectivity index (χ2n) is 4.99. The monoisotopic (exact) mass is 274 g/mol. The maximum atomic E-state index is 12.1. The normalized spacial score (nSPS) is 16.4. The molecule has 0 radical (unpaired) electrons. The summed E-state index contributed by atoms with van der Waals surface area (Å²) in [6, 6.07) is 1.99. The highest BCUT2D eigenvalue weighted by atomic mass is 16.5. The van der Waals surface area contributed by atoms with Gasteiger partial charge in [0.1, 0.15) is 5.92 Å². The summed E-state index contributed by atoms with van der Waals surface area (Å²) in [5.74, 6) is -1.63. The van der Waals surface area contributed by atoms with Crippen molar-refractivity contribution in [3.05, 3.63) is 39.5 Å². The van der Waals surface area contributed by atoms with Gasteiger partial charge in [0.2, 0.25) is 0 Å². The summed E-state index contributed by atoms with van der Waals surface area (Å²) >= 11 is 0. The van der Waals surface area contributed by atoms with E-state index in [0.29, 0.717) is 5.57 Å². The smallest absolute Gasteiger partial charge is 0.334 e. The second-order valence-corrected chi connectivity index (χ2v) is 4.99. The molecule has 1 atom stereocenters. The van der Waals surface area contributed by atoms with Crippen LogP contribution in [0.4, 0.5) is 0 Å². The molecule has 0 amide bonds. The molecule has 0 saturated heterocycles. The highest BCUT2D eigenvalue weighted by Crippen LogP contribution is 2.41. The first-order valence-corrected chi connectivity index (χ1v) is 6.40. The molecule has 106 valence electrons. The summed E-state index contributed by atoms with van der Waals surface area (Å²) in [4.78, 5) is 24.0. The van der Waals surface area contributed by atoms with Gasteiger partial charge < -0.3 is 9.47 Å². The van der Waals surface area contributed by atoms with Crippen LogP contribution in [0.1, 0.15) is 33.7 Å². The lowest BCUT2D eigenvalue weighted by molar-refractivity contribution is -0.144. The van der Waals surface area contributed by atoms with E-state index in [-0.39, 0.29) is 0 Å². The number of hydrogen-bond acceptors (Lipinski definition) is 4. The summed E-state index contributed by atoms with van der Waals surface area (Å²) in [7, 11) is 2.63. The molecule has 2 rings (SSSR count). The van der Waals surface area contributed by atoms with E-state index < -0.39 is 17.9 Å². The topological polar surface area (TPSA) is 52.6 Å². The Morgan fingerprint density at radius 3 is 2.25 bits per heavy atom. The fourth-order valence-corrected chi connectivity index (χ4v) is 2.70. The van der Waals surface area contributed by atoms with Gasteiger partial charge in [-0.2, -0.15) is 0 Å². The van der Waals surface area contributed by atoms with Crippen LogP contribution in [0.5, 0.6) is 0 Å². The van der Waals surface area contributed by atoms with E-state index in [1.165, 1.54) is 14.2 Å². The summed E-state index contributed by atoms with van der Waals surface area (Å²) in [6.07, 6.45) is 1.72. The average molecular weight is 274 g/mol. The van der Waals surface area contributed by atoms with E-state index >= 15 is 0 Å². The second kappa shape index (κ2) is 5.12. The SMILES string of the molecule is COC(=O)C1=Cc2cc(C)c(C)c(C)c2C1C(=O)OC. The molecule has 0 spiro atoms. The van der Waals surface area contributed by atoms with Crippen molar-refractivity contribution >= 4 is 18.0 Å². The Kier molecular flexibility index (Phi) is 3.66. The zero-order chi connectivity index (χ0) is 15.0. The minimum Gasteiger partial charge on any atom is -0.468 e. The van der Waals surface area contributed by atoms with Gasteiger partial charge in [0.05, 0.1) is 19.8 Å². The number of benzene rings is 1. The van der Waals surface area contributed by atoms with Crippen LogP contribution in [-0.4, -0.2) is 26.2 Å². The van der Waals surface area contributed by atoms with Crippen molar-refractivity contribution in [1.82, 2.24) is 0 Å². The Morgan fingerprint density at radius 1 is 1.05 bits per heavy atom. The van der Waals surface area contributed by atoms with Gasteiger partial charge in [0, 0.05) is 0 Å². The molecule has 0 fully saturated rings. The number of ether oxygens (including phenoxy) is 2. The van der Waals surface area contributed by atoms with Gasteiger partial charge in [0.25, 0.3) is 0 Å². The number of esters is 2. The Balaban J connectivity index is 2.67. The third kappa shape index (κ3) is 2.01. The number of methoxy groups -OCH3 is 2. The third-order valence-corrected chi connectivity index (χ3v) is 4.01. The van der Waals surface area contributed by atoms with Crippen molar-refractivity contribution in [2.75, 3.05) is 14.2 Å². The first kappa shape index (κ1) is 14.3. The van der Waals surface area contributed by atoms with Gasteiger partial charge in [-0.05, 0) is 54.7 Å². The van der Waals surface area contributed by atoms with E-state index in [1.807, 2.05) is 26.8 Å². The molecule has 0 saturated carbocycles. The average Bonchev–Trinajstić information content (AvgIpc) is 2.82. The fraction of sp³-hybridized carbons (Fsp3) is 0.375. The zero-order valence-electron chi connectivity index (χ0n) is 12.4. The first-order chi connectivity index (χ1) is 9.42. The zero-order valence-corrected chi connectivity index (χ0v) is 12.4. The number of rotatable bonds is 2. The number of hydrogen-bond donors (Lipinski definition) is 0. The molecular formula is C16H18O4. The number of carbonyl (C=O) groups is 2. The molecule has 4 nitrogen and oxygen atoms in total. The van der Waals surface area contributed by atoms with Gasteiger partial charge in [-0.1, -0.05) is 6.07 Å². The van der Waals surface area contributed by atoms with Crippen molar-refractivity contribution in [3.63, 3.8) is 0 Å². The number of carbonyl (C=O) groups excluding carboxylic acids is 2. The van der Waals surface area contributed by atoms with Crippen molar-refractivity contribution in [3.8, 4) is 0 Å². The van der Waals surface area contributed by atoms with Crippen LogP contribution in [0.3, 0.4) is 0 Å². The van der Waals surface area contributed by atoms with Crippen LogP contribution in [-0.2, 0) is 19.1 Å². The quantitative estimate of drug-likeness (QED) is 0.777. The van der Waals surface area contributed by atoms with Crippen LogP contribution in [0.25, 0.3) is 6.08 Å². The van der Waals surface area contributed by atoms with Crippen LogP contribution >= 0.6 is 0 Å². The van der Waals surface area contributed by atoms with Crippen LogP contribution in [0.15, 0.2) is 11.6 Å². The summed E-state index contributed by atoms with van der Waals surface area (Å²) in [5, 5.41) is 0. The number of aryl methyl sites for hydroxylation is 1. The molecule has 0 bridgehead atoms. The van der Waals surface area contributed by atoms with E-state index in [2.05, 4.69) is 0 Å². The maximum absolute atomic E-state index is 12.1. The minimum atomic E-state index is -0.693. The standard InChI is InChI=1S/C16H18O4/c1-8-6-11-7-12(15(17)19-4)14(16(18)20-5)13(11)10(3)9(8)2/h6-7,14H,1-5H3. The molecule has 4 heteroatoms. The Labute approximate surface area is 118 Å². The highest BCUT2D eigenvalue weighted by molar-refractivity contribution is 6.06. The van der Waals surface area contributed by atoms with Gasteiger partial charge in [-0.3, -0.25) is 4.79 Å². The summed E-state index contributed by atoms with van der Waals surface area (Å²) in [6.45, 7) is 5.99. The molecule has 1 aromatic rings. The van der Waals surface area contributed by atoms with Gasteiger partial charge in [-0.25, -0.2) is 4.79 Å². The molecular weight excluding hydrogens is 256 g/mol. The van der Waals surface area contributed by atoms with Crippen molar-refractivity contribution < 1.29 is 19.1 Å². The predicted molar refractivity (Wildman–Crippen MR) is 75.4 cm³/mol. The molecule has 1 aliphatic rings. The molecule has 0 N–H and O–H groups in total. The van der Waals surface area contributed by atoms with Crippen molar-refractivity contribution in [2.24, 2.45) is 0 Å². The fourth-order valence-electron chi connectivity index (χ4n) is 2.70. The summed E-state index contributed by atoms with van der Waals surface area (Å²) in [5.41, 5.74) is 5.35. The lowest BCUT2D eigenvalue weighted by atomic mass is 9.88. The molecule has 1 aliphatic carbocycles. The Bertz CT molecular complexity index is 626. The largest absolute Gasteiger partial charge is 0.468 e. The van der Waals surface area contributed by atoms with E-state index in [0.717, 1.165) is 27.8 Å². The molecule has 0 heterocycles. The maximum Gasteiger partial charge on any atom is 0.334 e. The highest BCUT2D eigenvalue weighted by Gasteiger charge is 2.38. The molecule has 1 aromatic carbocycles.